The number of para-hydroxylation sites is 1. The standard InChI is InChI=1S/C12H15NO2/c1-2-15-11(14)12(8-9-12)13-10-6-4-3-5-7-10/h3-7,13H,2,8-9H2,1H3. The molecule has 1 fully saturated rings. The number of carbonyl (C=O) groups excluding carboxylic acids is 1. The highest BCUT2D eigenvalue weighted by Crippen LogP contribution is 2.40. The lowest BCUT2D eigenvalue weighted by Gasteiger charge is -2.16. The van der Waals surface area contributed by atoms with Crippen molar-refractivity contribution in [2.75, 3.05) is 11.9 Å². The van der Waals surface area contributed by atoms with Gasteiger partial charge in [-0.25, -0.2) is 4.79 Å². The molecule has 0 amide bonds. The van der Waals surface area contributed by atoms with Gasteiger partial charge in [-0.05, 0) is 31.9 Å². The van der Waals surface area contributed by atoms with Crippen LogP contribution in [0.5, 0.6) is 0 Å². The van der Waals surface area contributed by atoms with Gasteiger partial charge in [-0.1, -0.05) is 18.2 Å². The molecule has 1 aromatic carbocycles. The maximum atomic E-state index is 11.6. The van der Waals surface area contributed by atoms with Crippen molar-refractivity contribution in [2.24, 2.45) is 0 Å². The molecular formula is C12H15NO2. The predicted molar refractivity (Wildman–Crippen MR) is 58.7 cm³/mol. The second kappa shape index (κ2) is 3.93. The molecule has 0 saturated heterocycles. The van der Waals surface area contributed by atoms with Crippen LogP contribution in [0.3, 0.4) is 0 Å². The van der Waals surface area contributed by atoms with Crippen LogP contribution in [0.2, 0.25) is 0 Å². The van der Waals surface area contributed by atoms with E-state index in [0.29, 0.717) is 6.61 Å². The monoisotopic (exact) mass is 205 g/mol. The highest BCUT2D eigenvalue weighted by molar-refractivity contribution is 5.88. The molecule has 3 heteroatoms. The Morgan fingerprint density at radius 1 is 1.40 bits per heavy atom. The normalized spacial score (nSPS) is 16.9. The first kappa shape index (κ1) is 10.0. The molecule has 0 spiro atoms. The van der Waals surface area contributed by atoms with E-state index in [9.17, 15) is 4.79 Å². The van der Waals surface area contributed by atoms with Crippen LogP contribution in [0.1, 0.15) is 19.8 Å². The fourth-order valence-electron chi connectivity index (χ4n) is 1.57. The molecule has 0 aromatic heterocycles. The number of hydrogen-bond donors (Lipinski definition) is 1. The average Bonchev–Trinajstić information content (AvgIpc) is 3.01. The Morgan fingerprint density at radius 2 is 2.07 bits per heavy atom. The van der Waals surface area contributed by atoms with Crippen LogP contribution in [0.15, 0.2) is 30.3 Å². The third-order valence-electron chi connectivity index (χ3n) is 2.57. The van der Waals surface area contributed by atoms with Crippen molar-refractivity contribution in [3.05, 3.63) is 30.3 Å². The van der Waals surface area contributed by atoms with E-state index in [-0.39, 0.29) is 5.97 Å². The molecule has 1 aromatic rings. The van der Waals surface area contributed by atoms with E-state index in [4.69, 9.17) is 4.74 Å². The van der Waals surface area contributed by atoms with Crippen LogP contribution in [0.25, 0.3) is 0 Å². The Bertz CT molecular complexity index is 344. The number of carbonyl (C=O) groups is 1. The summed E-state index contributed by atoms with van der Waals surface area (Å²) in [6, 6.07) is 9.76. The number of rotatable bonds is 4. The van der Waals surface area contributed by atoms with E-state index >= 15 is 0 Å². The highest BCUT2D eigenvalue weighted by atomic mass is 16.5. The minimum atomic E-state index is -0.447. The molecule has 0 unspecified atom stereocenters. The van der Waals surface area contributed by atoms with E-state index in [1.54, 1.807) is 0 Å². The van der Waals surface area contributed by atoms with Crippen LogP contribution in [0.4, 0.5) is 5.69 Å². The summed E-state index contributed by atoms with van der Waals surface area (Å²) < 4.78 is 5.04. The molecule has 2 rings (SSSR count). The molecule has 3 nitrogen and oxygen atoms in total. The van der Waals surface area contributed by atoms with Gasteiger partial charge in [0.15, 0.2) is 0 Å². The molecule has 15 heavy (non-hydrogen) atoms. The number of esters is 1. The fraction of sp³-hybridized carbons (Fsp3) is 0.417. The van der Waals surface area contributed by atoms with Gasteiger partial charge in [0.1, 0.15) is 5.54 Å². The topological polar surface area (TPSA) is 38.3 Å². The zero-order valence-electron chi connectivity index (χ0n) is 8.82. The van der Waals surface area contributed by atoms with Crippen molar-refractivity contribution in [1.29, 1.82) is 0 Å². The first-order valence-corrected chi connectivity index (χ1v) is 5.27. The van der Waals surface area contributed by atoms with Gasteiger partial charge < -0.3 is 10.1 Å². The van der Waals surface area contributed by atoms with Gasteiger partial charge in [-0.15, -0.1) is 0 Å². The van der Waals surface area contributed by atoms with Gasteiger partial charge in [-0.2, -0.15) is 0 Å². The Labute approximate surface area is 89.4 Å². The van der Waals surface area contributed by atoms with Crippen molar-refractivity contribution >= 4 is 11.7 Å². The van der Waals surface area contributed by atoms with Crippen molar-refractivity contribution in [3.8, 4) is 0 Å². The second-order valence-corrected chi connectivity index (χ2v) is 3.79. The molecule has 0 atom stereocenters. The van der Waals surface area contributed by atoms with Crippen molar-refractivity contribution in [2.45, 2.75) is 25.3 Å². The largest absolute Gasteiger partial charge is 0.464 e. The molecule has 1 aliphatic carbocycles. The van der Waals surface area contributed by atoms with Crippen molar-refractivity contribution in [3.63, 3.8) is 0 Å². The maximum Gasteiger partial charge on any atom is 0.331 e. The smallest absolute Gasteiger partial charge is 0.331 e. The summed E-state index contributed by atoms with van der Waals surface area (Å²) in [4.78, 5) is 11.6. The lowest BCUT2D eigenvalue weighted by atomic mass is 10.2. The molecule has 1 aliphatic rings. The molecule has 0 bridgehead atoms. The van der Waals surface area contributed by atoms with Gasteiger partial charge in [0.05, 0.1) is 6.61 Å². The summed E-state index contributed by atoms with van der Waals surface area (Å²) in [5.41, 5.74) is 0.528. The predicted octanol–water partition coefficient (Wildman–Crippen LogP) is 2.19. The summed E-state index contributed by atoms with van der Waals surface area (Å²) in [5, 5.41) is 3.24. The van der Waals surface area contributed by atoms with Gasteiger partial charge in [0.25, 0.3) is 0 Å². The summed E-state index contributed by atoms with van der Waals surface area (Å²) in [7, 11) is 0. The lowest BCUT2D eigenvalue weighted by Crippen LogP contribution is -2.33. The number of ether oxygens (including phenoxy) is 1. The van der Waals surface area contributed by atoms with E-state index in [0.717, 1.165) is 18.5 Å². The minimum absolute atomic E-state index is 0.131. The number of benzene rings is 1. The third-order valence-corrected chi connectivity index (χ3v) is 2.57. The maximum absolute atomic E-state index is 11.6. The van der Waals surface area contributed by atoms with Crippen LogP contribution in [-0.2, 0) is 9.53 Å². The van der Waals surface area contributed by atoms with Crippen molar-refractivity contribution < 1.29 is 9.53 Å². The molecule has 1 saturated carbocycles. The van der Waals surface area contributed by atoms with Gasteiger partial charge in [0, 0.05) is 5.69 Å². The zero-order chi connectivity index (χ0) is 10.7. The summed E-state index contributed by atoms with van der Waals surface area (Å²) in [6.45, 7) is 2.27. The second-order valence-electron chi connectivity index (χ2n) is 3.79. The first-order valence-electron chi connectivity index (χ1n) is 5.27. The van der Waals surface area contributed by atoms with E-state index < -0.39 is 5.54 Å². The molecule has 0 radical (unpaired) electrons. The Kier molecular flexibility index (Phi) is 2.62. The summed E-state index contributed by atoms with van der Waals surface area (Å²) in [6.07, 6.45) is 1.72. The van der Waals surface area contributed by atoms with Gasteiger partial charge >= 0.3 is 5.97 Å². The van der Waals surface area contributed by atoms with Crippen LogP contribution in [-0.4, -0.2) is 18.1 Å². The summed E-state index contributed by atoms with van der Waals surface area (Å²) in [5.74, 6) is -0.131. The van der Waals surface area contributed by atoms with Gasteiger partial charge in [-0.3, -0.25) is 0 Å². The SMILES string of the molecule is CCOC(=O)C1(Nc2ccccc2)CC1. The van der Waals surface area contributed by atoms with Crippen LogP contribution in [0, 0.1) is 0 Å². The Morgan fingerprint density at radius 3 is 2.60 bits per heavy atom. The quantitative estimate of drug-likeness (QED) is 0.766. The van der Waals surface area contributed by atoms with E-state index in [1.807, 2.05) is 37.3 Å². The first-order chi connectivity index (χ1) is 7.27. The zero-order valence-corrected chi connectivity index (χ0v) is 8.82. The van der Waals surface area contributed by atoms with Crippen molar-refractivity contribution in [1.82, 2.24) is 0 Å². The van der Waals surface area contributed by atoms with Gasteiger partial charge in [0.2, 0.25) is 0 Å². The number of hydrogen-bond acceptors (Lipinski definition) is 3. The Balaban J connectivity index is 2.03. The lowest BCUT2D eigenvalue weighted by molar-refractivity contribution is -0.145. The highest BCUT2D eigenvalue weighted by Gasteiger charge is 2.51. The van der Waals surface area contributed by atoms with E-state index in [2.05, 4.69) is 5.32 Å². The minimum Gasteiger partial charge on any atom is -0.464 e. The number of anilines is 1. The van der Waals surface area contributed by atoms with Crippen LogP contribution < -0.4 is 5.32 Å². The molecule has 1 N–H and O–H groups in total. The third kappa shape index (κ3) is 2.12. The fourth-order valence-corrected chi connectivity index (χ4v) is 1.57. The number of nitrogens with one attached hydrogen (secondary N) is 1. The van der Waals surface area contributed by atoms with Crippen LogP contribution >= 0.6 is 0 Å². The Hall–Kier alpha value is -1.51. The van der Waals surface area contributed by atoms with E-state index in [1.165, 1.54) is 0 Å². The molecular weight excluding hydrogens is 190 g/mol. The molecule has 80 valence electrons. The summed E-state index contributed by atoms with van der Waals surface area (Å²) >= 11 is 0. The average molecular weight is 205 g/mol. The molecule has 0 heterocycles. The molecule has 0 aliphatic heterocycles.